The summed E-state index contributed by atoms with van der Waals surface area (Å²) in [5.41, 5.74) is 0.656. The van der Waals surface area contributed by atoms with Crippen molar-refractivity contribution in [2.75, 3.05) is 0 Å². The van der Waals surface area contributed by atoms with Crippen LogP contribution in [0, 0.1) is 0 Å². The Hall–Kier alpha value is -3.35. The van der Waals surface area contributed by atoms with Gasteiger partial charge in [-0.15, -0.1) is 5.01 Å². The van der Waals surface area contributed by atoms with Crippen LogP contribution in [-0.2, 0) is 19.9 Å². The second-order valence-corrected chi connectivity index (χ2v) is 7.04. The molecule has 3 amide bonds. The van der Waals surface area contributed by atoms with Crippen molar-refractivity contribution in [2.24, 2.45) is 0 Å². The number of nitrogens with zero attached hydrogens (tertiary/aromatic N) is 1. The summed E-state index contributed by atoms with van der Waals surface area (Å²) >= 11 is 0. The van der Waals surface area contributed by atoms with Crippen LogP contribution < -0.4 is 5.43 Å². The SMILES string of the molecule is CC(C)(C)OC(=O)NN1C(=O)OC(c2ccccc2)(c2ccccc2)C1=O. The molecule has 1 heterocycles. The van der Waals surface area contributed by atoms with Gasteiger partial charge in [-0.2, -0.15) is 0 Å². The first-order chi connectivity index (χ1) is 12.7. The smallest absolute Gasteiger partial charge is 0.438 e. The first-order valence-electron chi connectivity index (χ1n) is 8.42. The summed E-state index contributed by atoms with van der Waals surface area (Å²) in [6.07, 6.45) is -1.91. The topological polar surface area (TPSA) is 84.9 Å². The van der Waals surface area contributed by atoms with Crippen LogP contribution in [0.4, 0.5) is 9.59 Å². The monoisotopic (exact) mass is 368 g/mol. The van der Waals surface area contributed by atoms with Crippen LogP contribution in [0.15, 0.2) is 60.7 Å². The molecule has 1 saturated heterocycles. The largest absolute Gasteiger partial charge is 0.443 e. The van der Waals surface area contributed by atoms with Gasteiger partial charge in [0, 0.05) is 11.1 Å². The quantitative estimate of drug-likeness (QED) is 0.898. The second-order valence-electron chi connectivity index (χ2n) is 7.04. The molecule has 7 heteroatoms. The number of carbonyl (C=O) groups excluding carboxylic acids is 3. The van der Waals surface area contributed by atoms with Crippen LogP contribution in [0.5, 0.6) is 0 Å². The molecule has 0 spiro atoms. The van der Waals surface area contributed by atoms with Gasteiger partial charge >= 0.3 is 18.1 Å². The van der Waals surface area contributed by atoms with E-state index in [0.717, 1.165) is 0 Å². The summed E-state index contributed by atoms with van der Waals surface area (Å²) in [4.78, 5) is 37.8. The molecule has 7 nitrogen and oxygen atoms in total. The van der Waals surface area contributed by atoms with Crippen LogP contribution in [0.1, 0.15) is 31.9 Å². The van der Waals surface area contributed by atoms with Gasteiger partial charge in [-0.25, -0.2) is 15.0 Å². The van der Waals surface area contributed by atoms with Crippen molar-refractivity contribution < 1.29 is 23.9 Å². The molecule has 3 rings (SSSR count). The summed E-state index contributed by atoms with van der Waals surface area (Å²) in [7, 11) is 0. The molecule has 1 aliphatic rings. The van der Waals surface area contributed by atoms with E-state index in [4.69, 9.17) is 9.47 Å². The van der Waals surface area contributed by atoms with E-state index in [1.54, 1.807) is 81.4 Å². The van der Waals surface area contributed by atoms with E-state index in [9.17, 15) is 14.4 Å². The lowest BCUT2D eigenvalue weighted by Crippen LogP contribution is -2.50. The number of rotatable bonds is 3. The van der Waals surface area contributed by atoms with E-state index in [-0.39, 0.29) is 0 Å². The van der Waals surface area contributed by atoms with Crippen molar-refractivity contribution in [3.63, 3.8) is 0 Å². The molecular weight excluding hydrogens is 348 g/mol. The van der Waals surface area contributed by atoms with Gasteiger partial charge in [0.25, 0.3) is 0 Å². The average molecular weight is 368 g/mol. The summed E-state index contributed by atoms with van der Waals surface area (Å²) in [6.45, 7) is 5.03. The average Bonchev–Trinajstić information content (AvgIpc) is 2.87. The molecule has 27 heavy (non-hydrogen) atoms. The molecule has 0 saturated carbocycles. The van der Waals surface area contributed by atoms with Crippen LogP contribution in [0.25, 0.3) is 0 Å². The minimum atomic E-state index is -1.69. The Bertz CT molecular complexity index is 819. The van der Waals surface area contributed by atoms with Crippen LogP contribution >= 0.6 is 0 Å². The maximum absolute atomic E-state index is 13.2. The molecule has 1 fully saturated rings. The van der Waals surface area contributed by atoms with Crippen molar-refractivity contribution in [1.82, 2.24) is 10.4 Å². The Morgan fingerprint density at radius 2 is 1.44 bits per heavy atom. The van der Waals surface area contributed by atoms with Gasteiger partial charge in [-0.05, 0) is 20.8 Å². The number of nitrogens with one attached hydrogen (secondary N) is 1. The lowest BCUT2D eigenvalue weighted by Gasteiger charge is -2.26. The van der Waals surface area contributed by atoms with E-state index < -0.39 is 29.3 Å². The van der Waals surface area contributed by atoms with E-state index in [0.29, 0.717) is 16.1 Å². The van der Waals surface area contributed by atoms with Crippen LogP contribution in [0.3, 0.4) is 0 Å². The minimum Gasteiger partial charge on any atom is -0.443 e. The van der Waals surface area contributed by atoms with Gasteiger partial charge in [0.2, 0.25) is 5.60 Å². The van der Waals surface area contributed by atoms with E-state index >= 15 is 0 Å². The molecule has 0 aliphatic carbocycles. The molecule has 0 unspecified atom stereocenters. The Morgan fingerprint density at radius 1 is 0.963 bits per heavy atom. The molecule has 1 aliphatic heterocycles. The van der Waals surface area contributed by atoms with Gasteiger partial charge in [0.15, 0.2) is 0 Å². The molecular formula is C20H20N2O5. The van der Waals surface area contributed by atoms with Crippen molar-refractivity contribution in [2.45, 2.75) is 32.0 Å². The zero-order valence-electron chi connectivity index (χ0n) is 15.3. The fourth-order valence-electron chi connectivity index (χ4n) is 2.83. The van der Waals surface area contributed by atoms with E-state index in [1.807, 2.05) is 0 Å². The number of benzene rings is 2. The number of ether oxygens (including phenoxy) is 2. The zero-order valence-corrected chi connectivity index (χ0v) is 15.3. The Balaban J connectivity index is 2.00. The summed E-state index contributed by atoms with van der Waals surface area (Å²) < 4.78 is 10.7. The summed E-state index contributed by atoms with van der Waals surface area (Å²) in [5.74, 6) is -0.726. The highest BCUT2D eigenvalue weighted by Gasteiger charge is 2.57. The number of cyclic esters (lactones) is 1. The highest BCUT2D eigenvalue weighted by atomic mass is 16.6. The molecule has 0 atom stereocenters. The molecule has 2 aromatic rings. The fourth-order valence-corrected chi connectivity index (χ4v) is 2.83. The zero-order chi connectivity index (χ0) is 19.7. The molecule has 0 bridgehead atoms. The highest BCUT2D eigenvalue weighted by molar-refractivity contribution is 6.06. The number of hydrazine groups is 1. The lowest BCUT2D eigenvalue weighted by molar-refractivity contribution is -0.136. The normalized spacial score (nSPS) is 16.0. The molecule has 1 N–H and O–H groups in total. The Labute approximate surface area is 156 Å². The summed E-state index contributed by atoms with van der Waals surface area (Å²) in [5, 5.41) is 0.550. The molecule has 0 aromatic heterocycles. The minimum absolute atomic E-state index is 0.475. The lowest BCUT2D eigenvalue weighted by atomic mass is 9.85. The van der Waals surface area contributed by atoms with Crippen LogP contribution in [-0.4, -0.2) is 28.7 Å². The maximum atomic E-state index is 13.2. The third-order valence-corrected chi connectivity index (χ3v) is 3.89. The van der Waals surface area contributed by atoms with Gasteiger partial charge in [0.1, 0.15) is 5.60 Å². The predicted octanol–water partition coefficient (Wildman–Crippen LogP) is 3.35. The number of amides is 3. The van der Waals surface area contributed by atoms with Crippen molar-refractivity contribution >= 4 is 18.1 Å². The number of imide groups is 1. The second kappa shape index (κ2) is 6.75. The molecule has 140 valence electrons. The molecule has 0 radical (unpaired) electrons. The standard InChI is InChI=1S/C20H20N2O5/c1-19(2,3)26-17(24)21-22-16(23)20(27-18(22)25,14-10-6-4-7-11-14)15-12-8-5-9-13-15/h4-13H,1-3H3,(H,21,24). The van der Waals surface area contributed by atoms with E-state index in [1.165, 1.54) is 0 Å². The van der Waals surface area contributed by atoms with Gasteiger partial charge in [-0.3, -0.25) is 4.79 Å². The fraction of sp³-hybridized carbons (Fsp3) is 0.250. The number of hydrogen-bond donors (Lipinski definition) is 1. The first kappa shape index (κ1) is 18.4. The first-order valence-corrected chi connectivity index (χ1v) is 8.42. The highest BCUT2D eigenvalue weighted by Crippen LogP contribution is 2.40. The van der Waals surface area contributed by atoms with Crippen LogP contribution in [0.2, 0.25) is 0 Å². The predicted molar refractivity (Wildman–Crippen MR) is 96.4 cm³/mol. The summed E-state index contributed by atoms with van der Waals surface area (Å²) in [6, 6.07) is 17.3. The van der Waals surface area contributed by atoms with E-state index in [2.05, 4.69) is 5.43 Å². The van der Waals surface area contributed by atoms with Gasteiger partial charge < -0.3 is 9.47 Å². The number of carbonyl (C=O) groups is 3. The molecule has 2 aromatic carbocycles. The van der Waals surface area contributed by atoms with Crippen molar-refractivity contribution in [3.8, 4) is 0 Å². The van der Waals surface area contributed by atoms with Crippen molar-refractivity contribution in [1.29, 1.82) is 0 Å². The van der Waals surface area contributed by atoms with Crippen molar-refractivity contribution in [3.05, 3.63) is 71.8 Å². The Morgan fingerprint density at radius 3 is 1.89 bits per heavy atom. The Kier molecular flexibility index (Phi) is 4.61. The maximum Gasteiger partial charge on any atom is 0.438 e. The third kappa shape index (κ3) is 3.48. The van der Waals surface area contributed by atoms with Gasteiger partial charge in [0.05, 0.1) is 0 Å². The third-order valence-electron chi connectivity index (χ3n) is 3.89. The number of hydrogen-bond acceptors (Lipinski definition) is 5. The van der Waals surface area contributed by atoms with Gasteiger partial charge in [-0.1, -0.05) is 60.7 Å².